The van der Waals surface area contributed by atoms with Crippen LogP contribution in [0, 0.1) is 0 Å². The molecule has 0 spiro atoms. The summed E-state index contributed by atoms with van der Waals surface area (Å²) in [6.07, 6.45) is 7.57. The largest absolute Gasteiger partial charge is 0.310 e. The van der Waals surface area contributed by atoms with Crippen LogP contribution in [0.1, 0.15) is 0 Å². The molecule has 2 heterocycles. The molecule has 0 aromatic heterocycles. The van der Waals surface area contributed by atoms with Gasteiger partial charge in [0, 0.05) is 6.54 Å². The van der Waals surface area contributed by atoms with E-state index in [1.54, 1.807) is 6.34 Å². The van der Waals surface area contributed by atoms with Gasteiger partial charge in [-0.25, -0.2) is 0 Å². The van der Waals surface area contributed by atoms with Crippen LogP contribution in [0.3, 0.4) is 0 Å². The van der Waals surface area contributed by atoms with Crippen molar-refractivity contribution in [3.8, 4) is 0 Å². The van der Waals surface area contributed by atoms with Gasteiger partial charge in [0.15, 0.2) is 5.82 Å². The van der Waals surface area contributed by atoms with Crippen LogP contribution in [0.4, 0.5) is 0 Å². The fourth-order valence-electron chi connectivity index (χ4n) is 0.872. The van der Waals surface area contributed by atoms with E-state index in [0.717, 1.165) is 12.4 Å². The lowest BCUT2D eigenvalue weighted by atomic mass is 10.3. The van der Waals surface area contributed by atoms with E-state index in [1.807, 2.05) is 23.1 Å². The molecular formula is C6H6N4. The fraction of sp³-hybridized carbons (Fsp3) is 0.167. The van der Waals surface area contributed by atoms with Gasteiger partial charge in [0.25, 0.3) is 0 Å². The molecule has 0 aromatic rings. The Kier molecular flexibility index (Phi) is 1.10. The van der Waals surface area contributed by atoms with Crippen molar-refractivity contribution < 1.29 is 0 Å². The van der Waals surface area contributed by atoms with Crippen molar-refractivity contribution >= 4 is 6.34 Å². The maximum absolute atomic E-state index is 3.81. The Morgan fingerprint density at radius 3 is 3.40 bits per heavy atom. The highest BCUT2D eigenvalue weighted by Crippen LogP contribution is 2.12. The van der Waals surface area contributed by atoms with Crippen molar-refractivity contribution in [2.45, 2.75) is 0 Å². The third kappa shape index (κ3) is 0.737. The van der Waals surface area contributed by atoms with Crippen molar-refractivity contribution in [1.82, 2.24) is 4.90 Å². The summed E-state index contributed by atoms with van der Waals surface area (Å²) in [5.74, 6) is 0.859. The Hall–Kier alpha value is -1.45. The van der Waals surface area contributed by atoms with Gasteiger partial charge in [-0.3, -0.25) is 0 Å². The molecule has 0 atom stereocenters. The molecule has 50 valence electrons. The molecule has 4 nitrogen and oxygen atoms in total. The normalized spacial score (nSPS) is 20.8. The minimum absolute atomic E-state index is 0.842. The van der Waals surface area contributed by atoms with E-state index in [-0.39, 0.29) is 0 Å². The van der Waals surface area contributed by atoms with Gasteiger partial charge in [0.2, 0.25) is 0 Å². The Morgan fingerprint density at radius 2 is 2.50 bits per heavy atom. The third-order valence-electron chi connectivity index (χ3n) is 1.37. The van der Waals surface area contributed by atoms with Crippen LogP contribution in [-0.4, -0.2) is 17.8 Å². The minimum Gasteiger partial charge on any atom is -0.310 e. The van der Waals surface area contributed by atoms with Gasteiger partial charge in [-0.2, -0.15) is 0 Å². The second-order valence-corrected chi connectivity index (χ2v) is 2.03. The van der Waals surface area contributed by atoms with Crippen LogP contribution in [0.25, 0.3) is 0 Å². The molecule has 0 N–H and O–H groups in total. The average Bonchev–Trinajstić information content (AvgIpc) is 2.05. The Morgan fingerprint density at radius 1 is 1.50 bits per heavy atom. The zero-order chi connectivity index (χ0) is 6.81. The van der Waals surface area contributed by atoms with Crippen molar-refractivity contribution in [3.63, 3.8) is 0 Å². The lowest BCUT2D eigenvalue weighted by Gasteiger charge is -2.19. The van der Waals surface area contributed by atoms with Gasteiger partial charge >= 0.3 is 0 Å². The summed E-state index contributed by atoms with van der Waals surface area (Å²) in [7, 11) is 0. The van der Waals surface area contributed by atoms with Gasteiger partial charge < -0.3 is 4.90 Å². The van der Waals surface area contributed by atoms with Crippen LogP contribution >= 0.6 is 0 Å². The maximum Gasteiger partial charge on any atom is 0.158 e. The molecule has 0 amide bonds. The van der Waals surface area contributed by atoms with Crippen molar-refractivity contribution in [2.75, 3.05) is 6.54 Å². The first-order valence-corrected chi connectivity index (χ1v) is 3.04. The minimum atomic E-state index is 0.842. The van der Waals surface area contributed by atoms with E-state index in [4.69, 9.17) is 0 Å². The van der Waals surface area contributed by atoms with E-state index in [1.165, 1.54) is 0 Å². The topological polar surface area (TPSA) is 40.3 Å². The Balaban J connectivity index is 2.34. The number of hydrogen-bond donors (Lipinski definition) is 0. The molecule has 0 saturated heterocycles. The summed E-state index contributed by atoms with van der Waals surface area (Å²) in [5.41, 5.74) is 0. The molecule has 0 saturated carbocycles. The summed E-state index contributed by atoms with van der Waals surface area (Å²) in [5, 5.41) is 11.0. The summed E-state index contributed by atoms with van der Waals surface area (Å²) < 4.78 is 0. The highest BCUT2D eigenvalue weighted by Gasteiger charge is 2.09. The van der Waals surface area contributed by atoms with E-state index in [0.29, 0.717) is 0 Å². The average molecular weight is 134 g/mol. The molecule has 0 unspecified atom stereocenters. The number of hydrogen-bond acceptors (Lipinski definition) is 4. The van der Waals surface area contributed by atoms with Crippen molar-refractivity contribution in [3.05, 3.63) is 24.0 Å². The first-order chi connectivity index (χ1) is 4.97. The predicted octanol–water partition coefficient (Wildman–Crippen LogP) is 1.11. The van der Waals surface area contributed by atoms with E-state index >= 15 is 0 Å². The molecule has 2 aliphatic rings. The molecule has 2 aliphatic heterocycles. The monoisotopic (exact) mass is 134 g/mol. The van der Waals surface area contributed by atoms with Gasteiger partial charge in [-0.05, 0) is 11.3 Å². The molecule has 0 fully saturated rings. The molecular weight excluding hydrogens is 128 g/mol. The summed E-state index contributed by atoms with van der Waals surface area (Å²) >= 11 is 0. The first kappa shape index (κ1) is 5.34. The van der Waals surface area contributed by atoms with Crippen LogP contribution in [0.5, 0.6) is 0 Å². The quantitative estimate of drug-likeness (QED) is 0.489. The fourth-order valence-corrected chi connectivity index (χ4v) is 0.872. The smallest absolute Gasteiger partial charge is 0.158 e. The van der Waals surface area contributed by atoms with E-state index < -0.39 is 0 Å². The second kappa shape index (κ2) is 2.06. The highest BCUT2D eigenvalue weighted by molar-refractivity contribution is 5.59. The summed E-state index contributed by atoms with van der Waals surface area (Å²) in [6.45, 7) is 0.842. The van der Waals surface area contributed by atoms with Crippen LogP contribution in [-0.2, 0) is 0 Å². The van der Waals surface area contributed by atoms with Gasteiger partial charge in [0.1, 0.15) is 6.34 Å². The third-order valence-corrected chi connectivity index (χ3v) is 1.37. The zero-order valence-corrected chi connectivity index (χ0v) is 5.31. The van der Waals surface area contributed by atoms with E-state index in [2.05, 4.69) is 15.4 Å². The Labute approximate surface area is 58.2 Å². The zero-order valence-electron chi connectivity index (χ0n) is 5.31. The van der Waals surface area contributed by atoms with Crippen LogP contribution in [0.2, 0.25) is 0 Å². The van der Waals surface area contributed by atoms with Gasteiger partial charge in [-0.1, -0.05) is 12.2 Å². The standard InChI is InChI=1S/C6H6N4/c1-2-4-10-5-7-9-8-6(10)3-1/h1-3,5H,4H2. The molecule has 0 radical (unpaired) electrons. The lowest BCUT2D eigenvalue weighted by molar-refractivity contribution is 0.541. The molecule has 0 bridgehead atoms. The van der Waals surface area contributed by atoms with E-state index in [9.17, 15) is 0 Å². The Bertz CT molecular complexity index is 248. The lowest BCUT2D eigenvalue weighted by Crippen LogP contribution is -2.23. The number of fused-ring (bicyclic) bond motifs is 1. The van der Waals surface area contributed by atoms with Crippen molar-refractivity contribution in [1.29, 1.82) is 0 Å². The summed E-state index contributed by atoms with van der Waals surface area (Å²) in [4.78, 5) is 1.92. The van der Waals surface area contributed by atoms with Crippen LogP contribution < -0.4 is 0 Å². The SMILES string of the molecule is C1=CCN2C=NN=NC2=C1. The van der Waals surface area contributed by atoms with Gasteiger partial charge in [-0.15, -0.1) is 10.2 Å². The molecule has 0 aromatic carbocycles. The number of nitrogens with zero attached hydrogens (tertiary/aromatic N) is 4. The second-order valence-electron chi connectivity index (χ2n) is 2.03. The number of rotatable bonds is 0. The van der Waals surface area contributed by atoms with Crippen molar-refractivity contribution in [2.24, 2.45) is 15.4 Å². The summed E-state index contributed by atoms with van der Waals surface area (Å²) in [6, 6.07) is 0. The maximum atomic E-state index is 3.81. The first-order valence-electron chi connectivity index (χ1n) is 3.04. The predicted molar refractivity (Wildman–Crippen MR) is 37.3 cm³/mol. The molecule has 4 heteroatoms. The molecule has 0 aliphatic carbocycles. The highest BCUT2D eigenvalue weighted by atomic mass is 15.5. The van der Waals surface area contributed by atoms with Gasteiger partial charge in [0.05, 0.1) is 0 Å². The molecule has 10 heavy (non-hydrogen) atoms. The number of allylic oxidation sites excluding steroid dienone is 2. The van der Waals surface area contributed by atoms with Crippen LogP contribution in [0.15, 0.2) is 39.5 Å². The molecule has 2 rings (SSSR count).